The van der Waals surface area contributed by atoms with Crippen LogP contribution in [0.15, 0.2) is 73.8 Å². The fourth-order valence-electron chi connectivity index (χ4n) is 3.38. The van der Waals surface area contributed by atoms with Gasteiger partial charge in [-0.05, 0) is 59.4 Å². The summed E-state index contributed by atoms with van der Waals surface area (Å²) < 4.78 is 14.7. The minimum absolute atomic E-state index is 0.358. The summed E-state index contributed by atoms with van der Waals surface area (Å²) in [4.78, 5) is 7.81. The highest BCUT2D eigenvalue weighted by Gasteiger charge is 2.35. The van der Waals surface area contributed by atoms with Crippen LogP contribution >= 0.6 is 23.2 Å². The molecule has 4 rings (SSSR count). The SMILES string of the molecule is CC(C)(C)C(O)C(Oc1ccc(Cl)cc1)n1cncn1.CC(C)(C)C(O)C(Oc1ccc(Cl)cc1)n1cncn1. The lowest BCUT2D eigenvalue weighted by Crippen LogP contribution is -2.38. The Hall–Kier alpha value is -3.18. The minimum atomic E-state index is -0.750. The number of aromatic nitrogens is 6. The molecule has 0 saturated carbocycles. The molecule has 10 nitrogen and oxygen atoms in total. The van der Waals surface area contributed by atoms with E-state index in [2.05, 4.69) is 20.2 Å². The molecule has 12 heteroatoms. The van der Waals surface area contributed by atoms with Crippen LogP contribution in [-0.4, -0.2) is 51.9 Å². The maximum Gasteiger partial charge on any atom is 0.219 e. The zero-order valence-corrected chi connectivity index (χ0v) is 24.9. The Balaban J connectivity index is 0.000000220. The summed E-state index contributed by atoms with van der Waals surface area (Å²) in [5, 5.41) is 30.4. The predicted octanol–water partition coefficient (Wildman–Crippen LogP) is 5.83. The molecule has 0 aliphatic rings. The summed E-state index contributed by atoms with van der Waals surface area (Å²) in [6.45, 7) is 11.6. The normalized spacial score (nSPS) is 14.8. The Morgan fingerprint density at radius 1 is 0.625 bits per heavy atom. The summed E-state index contributed by atoms with van der Waals surface area (Å²) in [6.07, 6.45) is 3.06. The number of halogens is 2. The van der Waals surface area contributed by atoms with Gasteiger partial charge in [-0.3, -0.25) is 0 Å². The number of rotatable bonds is 8. The van der Waals surface area contributed by atoms with E-state index in [-0.39, 0.29) is 10.8 Å². The van der Waals surface area contributed by atoms with Gasteiger partial charge in [-0.25, -0.2) is 19.3 Å². The topological polar surface area (TPSA) is 120 Å². The summed E-state index contributed by atoms with van der Waals surface area (Å²) in [6, 6.07) is 13.9. The lowest BCUT2D eigenvalue weighted by atomic mass is 9.88. The second-order valence-corrected chi connectivity index (χ2v) is 12.2. The second kappa shape index (κ2) is 13.5. The molecular formula is C28H36Cl2N6O4. The van der Waals surface area contributed by atoms with Crippen molar-refractivity contribution >= 4 is 23.2 Å². The average molecular weight is 592 g/mol. The fraction of sp³-hybridized carbons (Fsp3) is 0.429. The fourth-order valence-corrected chi connectivity index (χ4v) is 3.64. The number of aliphatic hydroxyl groups is 2. The van der Waals surface area contributed by atoms with Crippen molar-refractivity contribution < 1.29 is 19.7 Å². The van der Waals surface area contributed by atoms with Crippen LogP contribution in [0, 0.1) is 10.8 Å². The molecular weight excluding hydrogens is 555 g/mol. The Bertz CT molecular complexity index is 1170. The van der Waals surface area contributed by atoms with Crippen LogP contribution in [0.25, 0.3) is 0 Å². The van der Waals surface area contributed by atoms with E-state index >= 15 is 0 Å². The van der Waals surface area contributed by atoms with E-state index in [0.717, 1.165) is 0 Å². The van der Waals surface area contributed by atoms with Crippen molar-refractivity contribution in [2.45, 2.75) is 66.2 Å². The van der Waals surface area contributed by atoms with Crippen LogP contribution in [0.4, 0.5) is 0 Å². The highest BCUT2D eigenvalue weighted by molar-refractivity contribution is 6.30. The van der Waals surface area contributed by atoms with E-state index in [1.54, 1.807) is 48.5 Å². The Morgan fingerprint density at radius 3 is 1.20 bits per heavy atom. The lowest BCUT2D eigenvalue weighted by molar-refractivity contribution is -0.0731. The minimum Gasteiger partial charge on any atom is -0.466 e. The van der Waals surface area contributed by atoms with Gasteiger partial charge in [0.2, 0.25) is 12.5 Å². The average Bonchev–Trinajstić information content (AvgIpc) is 3.62. The maximum atomic E-state index is 10.5. The molecule has 2 heterocycles. The number of hydrogen-bond donors (Lipinski definition) is 2. The zero-order chi connectivity index (χ0) is 29.5. The number of benzene rings is 2. The van der Waals surface area contributed by atoms with Crippen LogP contribution in [0.1, 0.15) is 54.0 Å². The molecule has 40 heavy (non-hydrogen) atoms. The first-order chi connectivity index (χ1) is 18.8. The monoisotopic (exact) mass is 590 g/mol. The molecule has 0 amide bonds. The highest BCUT2D eigenvalue weighted by atomic mass is 35.5. The smallest absolute Gasteiger partial charge is 0.219 e. The van der Waals surface area contributed by atoms with Gasteiger partial charge in [0.1, 0.15) is 49.0 Å². The molecule has 2 aromatic carbocycles. The van der Waals surface area contributed by atoms with Crippen LogP contribution in [0.2, 0.25) is 10.0 Å². The summed E-state index contributed by atoms with van der Waals surface area (Å²) in [7, 11) is 0. The maximum absolute atomic E-state index is 10.5. The summed E-state index contributed by atoms with van der Waals surface area (Å²) in [5.74, 6) is 1.22. The van der Waals surface area contributed by atoms with Crippen molar-refractivity contribution in [3.63, 3.8) is 0 Å². The standard InChI is InChI=1S/2C14H18ClN3O2/c2*1-14(2,3)12(19)13(18-9-16-8-17-18)20-11-6-4-10(15)5-7-11/h2*4-9,12-13,19H,1-3H3. The van der Waals surface area contributed by atoms with Crippen molar-refractivity contribution in [2.24, 2.45) is 10.8 Å². The number of nitrogens with zero attached hydrogens (tertiary/aromatic N) is 6. The molecule has 2 aromatic heterocycles. The van der Waals surface area contributed by atoms with Crippen molar-refractivity contribution in [3.8, 4) is 11.5 Å². The predicted molar refractivity (Wildman–Crippen MR) is 153 cm³/mol. The molecule has 0 bridgehead atoms. The lowest BCUT2D eigenvalue weighted by Gasteiger charge is -2.32. The molecule has 4 atom stereocenters. The molecule has 0 saturated heterocycles. The Kier molecular flexibility index (Phi) is 10.5. The quantitative estimate of drug-likeness (QED) is 0.263. The first-order valence-electron chi connectivity index (χ1n) is 12.6. The largest absolute Gasteiger partial charge is 0.466 e. The van der Waals surface area contributed by atoms with Crippen LogP contribution in [-0.2, 0) is 0 Å². The molecule has 216 valence electrons. The third kappa shape index (κ3) is 8.92. The van der Waals surface area contributed by atoms with Gasteiger partial charge in [-0.1, -0.05) is 64.7 Å². The first kappa shape index (κ1) is 31.3. The van der Waals surface area contributed by atoms with E-state index in [0.29, 0.717) is 21.5 Å². The molecule has 4 aromatic rings. The molecule has 0 spiro atoms. The summed E-state index contributed by atoms with van der Waals surface area (Å²) >= 11 is 11.7. The van der Waals surface area contributed by atoms with E-state index in [9.17, 15) is 10.2 Å². The van der Waals surface area contributed by atoms with Crippen molar-refractivity contribution in [3.05, 3.63) is 83.9 Å². The van der Waals surface area contributed by atoms with Gasteiger partial charge in [0.15, 0.2) is 0 Å². The first-order valence-corrected chi connectivity index (χ1v) is 13.4. The summed E-state index contributed by atoms with van der Waals surface area (Å²) in [5.41, 5.74) is -0.716. The van der Waals surface area contributed by atoms with Crippen LogP contribution in [0.3, 0.4) is 0 Å². The number of hydrogen-bond acceptors (Lipinski definition) is 8. The molecule has 0 aliphatic heterocycles. The molecule has 2 N–H and O–H groups in total. The van der Waals surface area contributed by atoms with E-state index in [1.165, 1.54) is 34.7 Å². The van der Waals surface area contributed by atoms with Crippen molar-refractivity contribution in [1.29, 1.82) is 0 Å². The second-order valence-electron chi connectivity index (χ2n) is 11.3. The van der Waals surface area contributed by atoms with Gasteiger partial charge in [0.05, 0.1) is 0 Å². The van der Waals surface area contributed by atoms with E-state index in [4.69, 9.17) is 32.7 Å². The Morgan fingerprint density at radius 2 is 0.950 bits per heavy atom. The van der Waals surface area contributed by atoms with Gasteiger partial charge in [0, 0.05) is 10.0 Å². The van der Waals surface area contributed by atoms with Crippen molar-refractivity contribution in [1.82, 2.24) is 29.5 Å². The third-order valence-corrected chi connectivity index (χ3v) is 6.35. The van der Waals surface area contributed by atoms with Crippen LogP contribution in [0.5, 0.6) is 11.5 Å². The Labute approximate surface area is 244 Å². The number of aliphatic hydroxyl groups excluding tert-OH is 2. The van der Waals surface area contributed by atoms with Gasteiger partial charge >= 0.3 is 0 Å². The molecule has 0 radical (unpaired) electrons. The third-order valence-electron chi connectivity index (χ3n) is 5.85. The zero-order valence-electron chi connectivity index (χ0n) is 23.4. The number of ether oxygens (including phenoxy) is 2. The van der Waals surface area contributed by atoms with E-state index < -0.39 is 24.7 Å². The molecule has 0 fully saturated rings. The van der Waals surface area contributed by atoms with Gasteiger partial charge < -0.3 is 19.7 Å². The van der Waals surface area contributed by atoms with Gasteiger partial charge in [-0.15, -0.1) is 0 Å². The van der Waals surface area contributed by atoms with Gasteiger partial charge in [0.25, 0.3) is 0 Å². The molecule has 0 aliphatic carbocycles. The van der Waals surface area contributed by atoms with Crippen molar-refractivity contribution in [2.75, 3.05) is 0 Å². The van der Waals surface area contributed by atoms with E-state index in [1.807, 2.05) is 41.5 Å². The van der Waals surface area contributed by atoms with Crippen LogP contribution < -0.4 is 9.47 Å². The van der Waals surface area contributed by atoms with Gasteiger partial charge in [-0.2, -0.15) is 10.2 Å². The highest BCUT2D eigenvalue weighted by Crippen LogP contribution is 2.31. The molecule has 4 unspecified atom stereocenters.